The molecule has 0 bridgehead atoms. The predicted molar refractivity (Wildman–Crippen MR) is 139 cm³/mol. The maximum Gasteiger partial charge on any atom is 0.167 e. The Morgan fingerprint density at radius 3 is 2.25 bits per heavy atom. The monoisotopic (exact) mass is 492 g/mol. The highest BCUT2D eigenvalue weighted by Gasteiger charge is 2.23. The lowest BCUT2D eigenvalue weighted by Crippen LogP contribution is -2.13. The molecule has 3 aromatic rings. The standard InChI is InChI=1S/C31H31F3O2/c1-3-19-36-26-16-18-27(29(32)20-26)22-8-5-21(6-9-22)7-10-24-13-17-28(31(34)30(24)33)23-11-14-25(15-12-23)35-4-2/h3,7,10-18,20-22H,1,4-6,8-9,19H2,2H3/b10-7+. The van der Waals surface area contributed by atoms with Crippen LogP contribution in [-0.2, 0) is 0 Å². The minimum absolute atomic E-state index is 0.144. The number of ether oxygens (including phenoxy) is 2. The molecule has 0 saturated heterocycles. The molecular formula is C31H31F3O2. The van der Waals surface area contributed by atoms with Crippen LogP contribution in [0.25, 0.3) is 17.2 Å². The summed E-state index contributed by atoms with van der Waals surface area (Å²) in [5, 5.41) is 0. The van der Waals surface area contributed by atoms with Gasteiger partial charge < -0.3 is 9.47 Å². The van der Waals surface area contributed by atoms with Crippen LogP contribution in [0.4, 0.5) is 13.2 Å². The van der Waals surface area contributed by atoms with Crippen LogP contribution in [0.2, 0.25) is 0 Å². The molecule has 0 spiro atoms. The summed E-state index contributed by atoms with van der Waals surface area (Å²) in [6.07, 6.45) is 8.65. The molecule has 1 aliphatic carbocycles. The second-order valence-corrected chi connectivity index (χ2v) is 9.04. The summed E-state index contributed by atoms with van der Waals surface area (Å²) < 4.78 is 55.1. The van der Waals surface area contributed by atoms with Gasteiger partial charge in [0.2, 0.25) is 0 Å². The Morgan fingerprint density at radius 2 is 1.58 bits per heavy atom. The lowest BCUT2D eigenvalue weighted by molar-refractivity contribution is 0.340. The van der Waals surface area contributed by atoms with Crippen LogP contribution in [0.1, 0.15) is 49.7 Å². The van der Waals surface area contributed by atoms with Crippen molar-refractivity contribution in [1.29, 1.82) is 0 Å². The van der Waals surface area contributed by atoms with Crippen molar-refractivity contribution in [2.45, 2.75) is 38.5 Å². The van der Waals surface area contributed by atoms with E-state index in [0.717, 1.165) is 25.7 Å². The van der Waals surface area contributed by atoms with Gasteiger partial charge in [-0.05, 0) is 73.8 Å². The topological polar surface area (TPSA) is 18.5 Å². The molecular weight excluding hydrogens is 461 g/mol. The van der Waals surface area contributed by atoms with Gasteiger partial charge in [-0.25, -0.2) is 13.2 Å². The second-order valence-electron chi connectivity index (χ2n) is 9.04. The highest BCUT2D eigenvalue weighted by atomic mass is 19.2. The maximum absolute atomic E-state index is 14.8. The Morgan fingerprint density at radius 1 is 0.861 bits per heavy atom. The molecule has 1 fully saturated rings. The van der Waals surface area contributed by atoms with E-state index in [1.807, 2.05) is 13.0 Å². The lowest BCUT2D eigenvalue weighted by Gasteiger charge is -2.27. The fourth-order valence-corrected chi connectivity index (χ4v) is 4.76. The summed E-state index contributed by atoms with van der Waals surface area (Å²) in [4.78, 5) is 0. The largest absolute Gasteiger partial charge is 0.494 e. The highest BCUT2D eigenvalue weighted by molar-refractivity contribution is 5.67. The van der Waals surface area contributed by atoms with Gasteiger partial charge in [-0.2, -0.15) is 0 Å². The van der Waals surface area contributed by atoms with Crippen LogP contribution in [0.3, 0.4) is 0 Å². The molecule has 0 aromatic heterocycles. The average molecular weight is 493 g/mol. The van der Waals surface area contributed by atoms with Crippen LogP contribution in [-0.4, -0.2) is 13.2 Å². The molecule has 1 saturated carbocycles. The quantitative estimate of drug-likeness (QED) is 0.278. The van der Waals surface area contributed by atoms with Crippen molar-refractivity contribution in [3.63, 3.8) is 0 Å². The summed E-state index contributed by atoms with van der Waals surface area (Å²) in [6, 6.07) is 15.2. The van der Waals surface area contributed by atoms with Crippen molar-refractivity contribution in [2.24, 2.45) is 5.92 Å². The average Bonchev–Trinajstić information content (AvgIpc) is 2.90. The Balaban J connectivity index is 1.38. The normalized spacial score (nSPS) is 17.8. The van der Waals surface area contributed by atoms with Crippen LogP contribution >= 0.6 is 0 Å². The number of hydrogen-bond donors (Lipinski definition) is 0. The van der Waals surface area contributed by atoms with E-state index in [1.54, 1.807) is 60.7 Å². The Hall–Kier alpha value is -3.47. The fourth-order valence-electron chi connectivity index (χ4n) is 4.76. The van der Waals surface area contributed by atoms with Gasteiger partial charge in [0.1, 0.15) is 23.9 Å². The number of hydrogen-bond acceptors (Lipinski definition) is 2. The van der Waals surface area contributed by atoms with Crippen molar-refractivity contribution in [2.75, 3.05) is 13.2 Å². The SMILES string of the molecule is C=CCOc1ccc(C2CCC(/C=C/c3ccc(-c4ccc(OCC)cc4)c(F)c3F)CC2)c(F)c1. The Kier molecular flexibility index (Phi) is 8.52. The lowest BCUT2D eigenvalue weighted by atomic mass is 9.78. The first-order valence-electron chi connectivity index (χ1n) is 12.4. The summed E-state index contributed by atoms with van der Waals surface area (Å²) in [5.74, 6) is -0.392. The smallest absolute Gasteiger partial charge is 0.167 e. The van der Waals surface area contributed by atoms with Crippen LogP contribution in [0, 0.1) is 23.4 Å². The zero-order valence-electron chi connectivity index (χ0n) is 20.5. The van der Waals surface area contributed by atoms with Crippen molar-refractivity contribution in [3.8, 4) is 22.6 Å². The van der Waals surface area contributed by atoms with Gasteiger partial charge in [0.15, 0.2) is 11.6 Å². The summed E-state index contributed by atoms with van der Waals surface area (Å²) >= 11 is 0. The molecule has 5 heteroatoms. The third kappa shape index (κ3) is 6.01. The van der Waals surface area contributed by atoms with Gasteiger partial charge in [0.25, 0.3) is 0 Å². The molecule has 3 aromatic carbocycles. The van der Waals surface area contributed by atoms with Gasteiger partial charge in [-0.1, -0.05) is 55.1 Å². The van der Waals surface area contributed by atoms with Gasteiger partial charge in [-0.3, -0.25) is 0 Å². The third-order valence-electron chi connectivity index (χ3n) is 6.69. The summed E-state index contributed by atoms with van der Waals surface area (Å²) in [6.45, 7) is 6.37. The maximum atomic E-state index is 14.8. The number of halogens is 3. The first-order valence-corrected chi connectivity index (χ1v) is 12.4. The van der Waals surface area contributed by atoms with E-state index in [-0.39, 0.29) is 28.8 Å². The molecule has 0 radical (unpaired) electrons. The summed E-state index contributed by atoms with van der Waals surface area (Å²) in [5.41, 5.74) is 1.75. The van der Waals surface area contributed by atoms with Crippen molar-refractivity contribution in [1.82, 2.24) is 0 Å². The molecule has 0 amide bonds. The molecule has 2 nitrogen and oxygen atoms in total. The van der Waals surface area contributed by atoms with E-state index in [4.69, 9.17) is 9.47 Å². The van der Waals surface area contributed by atoms with E-state index in [0.29, 0.717) is 35.8 Å². The Labute approximate surface area is 211 Å². The second kappa shape index (κ2) is 12.0. The van der Waals surface area contributed by atoms with Crippen LogP contribution < -0.4 is 9.47 Å². The Bertz CT molecular complexity index is 1210. The predicted octanol–water partition coefficient (Wildman–Crippen LogP) is 8.72. The molecule has 0 N–H and O–H groups in total. The number of rotatable bonds is 9. The van der Waals surface area contributed by atoms with Gasteiger partial charge in [0.05, 0.1) is 6.61 Å². The molecule has 1 aliphatic rings. The molecule has 4 rings (SSSR count). The number of allylic oxidation sites excluding steroid dienone is 1. The van der Waals surface area contributed by atoms with Gasteiger partial charge in [0, 0.05) is 17.2 Å². The summed E-state index contributed by atoms with van der Waals surface area (Å²) in [7, 11) is 0. The molecule has 0 unspecified atom stereocenters. The van der Waals surface area contributed by atoms with Gasteiger partial charge in [-0.15, -0.1) is 0 Å². The molecule has 0 heterocycles. The van der Waals surface area contributed by atoms with Gasteiger partial charge >= 0.3 is 0 Å². The number of benzene rings is 3. The van der Waals surface area contributed by atoms with Crippen LogP contribution in [0.15, 0.2) is 73.3 Å². The van der Waals surface area contributed by atoms with E-state index < -0.39 is 11.6 Å². The zero-order chi connectivity index (χ0) is 25.5. The van der Waals surface area contributed by atoms with Crippen molar-refractivity contribution < 1.29 is 22.6 Å². The highest BCUT2D eigenvalue weighted by Crippen LogP contribution is 2.38. The van der Waals surface area contributed by atoms with Crippen molar-refractivity contribution in [3.05, 3.63) is 102 Å². The van der Waals surface area contributed by atoms with E-state index in [2.05, 4.69) is 6.58 Å². The molecule has 0 aliphatic heterocycles. The molecule has 36 heavy (non-hydrogen) atoms. The van der Waals surface area contributed by atoms with E-state index in [9.17, 15) is 13.2 Å². The minimum atomic E-state index is -0.860. The van der Waals surface area contributed by atoms with E-state index in [1.165, 1.54) is 6.07 Å². The minimum Gasteiger partial charge on any atom is -0.494 e. The molecule has 0 atom stereocenters. The van der Waals surface area contributed by atoms with Crippen LogP contribution in [0.5, 0.6) is 11.5 Å². The first-order chi connectivity index (χ1) is 17.5. The zero-order valence-corrected chi connectivity index (χ0v) is 20.5. The third-order valence-corrected chi connectivity index (χ3v) is 6.69. The van der Waals surface area contributed by atoms with E-state index >= 15 is 0 Å². The fraction of sp³-hybridized carbons (Fsp3) is 0.290. The first kappa shape index (κ1) is 25.6. The molecule has 188 valence electrons. The van der Waals surface area contributed by atoms with Crippen molar-refractivity contribution >= 4 is 6.08 Å².